The van der Waals surface area contributed by atoms with E-state index in [9.17, 15) is 4.79 Å². The molecule has 0 aromatic carbocycles. The number of fused-ring (bicyclic) bond motifs is 2. The molecule has 2 aliphatic rings. The van der Waals surface area contributed by atoms with Crippen LogP contribution in [0.15, 0.2) is 14.3 Å². The van der Waals surface area contributed by atoms with Gasteiger partial charge in [0.05, 0.1) is 8.66 Å². The molecule has 0 spiro atoms. The van der Waals surface area contributed by atoms with E-state index >= 15 is 0 Å². The van der Waals surface area contributed by atoms with Crippen LogP contribution in [0.1, 0.15) is 35.4 Å². The van der Waals surface area contributed by atoms with Gasteiger partial charge in [-0.15, -0.1) is 11.3 Å². The smallest absolute Gasteiger partial charge is 0.263 e. The minimum absolute atomic E-state index is 0.141. The quantitative estimate of drug-likeness (QED) is 0.811. The molecule has 3 rings (SSSR count). The van der Waals surface area contributed by atoms with Crippen LogP contribution in [0.5, 0.6) is 0 Å². The molecule has 0 radical (unpaired) electrons. The highest BCUT2D eigenvalue weighted by Gasteiger charge is 2.36. The van der Waals surface area contributed by atoms with Gasteiger partial charge in [-0.25, -0.2) is 0 Å². The van der Waals surface area contributed by atoms with Crippen molar-refractivity contribution < 1.29 is 4.79 Å². The molecule has 1 aromatic heterocycles. The van der Waals surface area contributed by atoms with Crippen LogP contribution in [0.4, 0.5) is 0 Å². The van der Waals surface area contributed by atoms with Gasteiger partial charge in [0.2, 0.25) is 0 Å². The second-order valence-corrected chi connectivity index (χ2v) is 8.64. The molecule has 2 saturated heterocycles. The molecule has 0 saturated carbocycles. The minimum Gasteiger partial charge on any atom is -0.338 e. The third kappa shape index (κ3) is 2.77. The summed E-state index contributed by atoms with van der Waals surface area (Å²) < 4.78 is 1.94. The molecule has 2 unspecified atom stereocenters. The lowest BCUT2D eigenvalue weighted by Gasteiger charge is -2.35. The predicted molar refractivity (Wildman–Crippen MR) is 84.8 cm³/mol. The molecule has 1 aromatic rings. The number of nitrogens with zero attached hydrogens (tertiary/aromatic N) is 1. The number of halogens is 2. The van der Waals surface area contributed by atoms with Gasteiger partial charge in [0, 0.05) is 29.6 Å². The van der Waals surface area contributed by atoms with Gasteiger partial charge in [0.15, 0.2) is 0 Å². The van der Waals surface area contributed by atoms with Gasteiger partial charge in [-0.2, -0.15) is 0 Å². The van der Waals surface area contributed by atoms with Crippen LogP contribution in [-0.2, 0) is 0 Å². The molecule has 3 heterocycles. The Morgan fingerprint density at radius 1 is 1.37 bits per heavy atom. The van der Waals surface area contributed by atoms with Crippen LogP contribution in [0, 0.1) is 0 Å². The van der Waals surface area contributed by atoms with Gasteiger partial charge in [-0.3, -0.25) is 4.79 Å². The van der Waals surface area contributed by atoms with E-state index in [0.29, 0.717) is 18.1 Å². The molecule has 1 amide bonds. The summed E-state index contributed by atoms with van der Waals surface area (Å²) in [7, 11) is 1.94. The van der Waals surface area contributed by atoms with Crippen molar-refractivity contribution in [2.75, 3.05) is 7.05 Å². The number of rotatable bonds is 2. The molecule has 2 aliphatic heterocycles. The number of amides is 1. The summed E-state index contributed by atoms with van der Waals surface area (Å²) in [6.07, 6.45) is 4.71. The Hall–Kier alpha value is 0.0900. The first-order valence-electron chi connectivity index (χ1n) is 6.52. The van der Waals surface area contributed by atoms with Crippen molar-refractivity contribution in [2.24, 2.45) is 0 Å². The van der Waals surface area contributed by atoms with Gasteiger partial charge in [-0.05, 0) is 63.6 Å². The molecule has 2 atom stereocenters. The Bertz CT molecular complexity index is 473. The first-order valence-corrected chi connectivity index (χ1v) is 8.93. The molecular formula is C13H16Br2N2OS. The third-order valence-corrected chi connectivity index (χ3v) is 7.42. The Morgan fingerprint density at radius 3 is 2.53 bits per heavy atom. The predicted octanol–water partition coefficient (Wildman–Crippen LogP) is 3.63. The van der Waals surface area contributed by atoms with Gasteiger partial charge < -0.3 is 10.2 Å². The maximum absolute atomic E-state index is 12.5. The number of thiophene rings is 1. The largest absolute Gasteiger partial charge is 0.338 e. The summed E-state index contributed by atoms with van der Waals surface area (Å²) in [6, 6.07) is 3.51. The number of hydrogen-bond donors (Lipinski definition) is 1. The maximum atomic E-state index is 12.5. The van der Waals surface area contributed by atoms with E-state index in [1.807, 2.05) is 18.0 Å². The van der Waals surface area contributed by atoms with E-state index < -0.39 is 0 Å². The summed E-state index contributed by atoms with van der Waals surface area (Å²) in [6.45, 7) is 0. The van der Waals surface area contributed by atoms with E-state index in [-0.39, 0.29) is 5.91 Å². The normalized spacial score (nSPS) is 29.5. The number of nitrogens with one attached hydrogen (secondary N) is 1. The van der Waals surface area contributed by atoms with Gasteiger partial charge in [0.1, 0.15) is 0 Å². The molecule has 2 bridgehead atoms. The fourth-order valence-electron chi connectivity index (χ4n) is 3.14. The van der Waals surface area contributed by atoms with Crippen molar-refractivity contribution in [3.05, 3.63) is 19.2 Å². The van der Waals surface area contributed by atoms with Crippen LogP contribution >= 0.6 is 43.2 Å². The van der Waals surface area contributed by atoms with Crippen molar-refractivity contribution in [3.63, 3.8) is 0 Å². The second-order valence-electron chi connectivity index (χ2n) is 5.41. The Morgan fingerprint density at radius 2 is 2.00 bits per heavy atom. The molecule has 1 N–H and O–H groups in total. The molecule has 104 valence electrons. The summed E-state index contributed by atoms with van der Waals surface area (Å²) in [5.74, 6) is 0.141. The first kappa shape index (κ1) is 14.0. The zero-order valence-corrected chi connectivity index (χ0v) is 14.6. The van der Waals surface area contributed by atoms with Crippen LogP contribution < -0.4 is 5.32 Å². The summed E-state index contributed by atoms with van der Waals surface area (Å²) in [5, 5.41) is 3.62. The second kappa shape index (κ2) is 5.47. The van der Waals surface area contributed by atoms with Crippen molar-refractivity contribution in [2.45, 2.75) is 43.8 Å². The highest BCUT2D eigenvalue weighted by Crippen LogP contribution is 2.34. The highest BCUT2D eigenvalue weighted by atomic mass is 79.9. The van der Waals surface area contributed by atoms with E-state index in [4.69, 9.17) is 0 Å². The van der Waals surface area contributed by atoms with E-state index in [0.717, 1.165) is 26.0 Å². The highest BCUT2D eigenvalue weighted by molar-refractivity contribution is 9.13. The van der Waals surface area contributed by atoms with Crippen molar-refractivity contribution in [1.29, 1.82) is 0 Å². The van der Waals surface area contributed by atoms with E-state index in [1.54, 1.807) is 0 Å². The standard InChI is InChI=1S/C13H16Br2N2OS/c1-17(9-4-7-2-3-8(5-9)16-7)13(18)11-6-10(14)12(15)19-11/h6-9,16H,2-5H2,1H3. The number of hydrogen-bond acceptors (Lipinski definition) is 3. The fourth-order valence-corrected chi connectivity index (χ4v) is 5.15. The van der Waals surface area contributed by atoms with Gasteiger partial charge in [-0.1, -0.05) is 0 Å². The zero-order chi connectivity index (χ0) is 13.6. The topological polar surface area (TPSA) is 32.3 Å². The third-order valence-electron chi connectivity index (χ3n) is 4.17. The lowest BCUT2D eigenvalue weighted by molar-refractivity contribution is 0.0686. The molecule has 0 aliphatic carbocycles. The van der Waals surface area contributed by atoms with Crippen LogP contribution in [-0.4, -0.2) is 36.0 Å². The van der Waals surface area contributed by atoms with Crippen molar-refractivity contribution in [3.8, 4) is 0 Å². The monoisotopic (exact) mass is 406 g/mol. The van der Waals surface area contributed by atoms with Crippen LogP contribution in [0.25, 0.3) is 0 Å². The van der Waals surface area contributed by atoms with Crippen molar-refractivity contribution >= 4 is 49.1 Å². The fraction of sp³-hybridized carbons (Fsp3) is 0.615. The summed E-state index contributed by atoms with van der Waals surface area (Å²) >= 11 is 8.39. The average Bonchev–Trinajstić information content (AvgIpc) is 2.91. The summed E-state index contributed by atoms with van der Waals surface area (Å²) in [4.78, 5) is 15.3. The molecule has 2 fully saturated rings. The number of carbonyl (C=O) groups is 1. The Balaban J connectivity index is 1.73. The summed E-state index contributed by atoms with van der Waals surface area (Å²) in [5.41, 5.74) is 0. The molecular weight excluding hydrogens is 392 g/mol. The van der Waals surface area contributed by atoms with Crippen molar-refractivity contribution in [1.82, 2.24) is 10.2 Å². The first-order chi connectivity index (χ1) is 9.04. The lowest BCUT2D eigenvalue weighted by Crippen LogP contribution is -2.48. The van der Waals surface area contributed by atoms with Crippen LogP contribution in [0.2, 0.25) is 0 Å². The molecule has 6 heteroatoms. The zero-order valence-electron chi connectivity index (χ0n) is 10.7. The molecule has 3 nitrogen and oxygen atoms in total. The average molecular weight is 408 g/mol. The number of carbonyl (C=O) groups excluding carboxylic acids is 1. The van der Waals surface area contributed by atoms with Gasteiger partial charge in [0.25, 0.3) is 5.91 Å². The van der Waals surface area contributed by atoms with Gasteiger partial charge >= 0.3 is 0 Å². The maximum Gasteiger partial charge on any atom is 0.263 e. The number of piperidine rings is 1. The van der Waals surface area contributed by atoms with E-state index in [2.05, 4.69) is 37.2 Å². The lowest BCUT2D eigenvalue weighted by atomic mass is 9.98. The van der Waals surface area contributed by atoms with E-state index in [1.165, 1.54) is 24.2 Å². The Kier molecular flexibility index (Phi) is 4.04. The minimum atomic E-state index is 0.141. The SMILES string of the molecule is CN(C(=O)c1cc(Br)c(Br)s1)C1CC2CCC(C1)N2. The molecule has 19 heavy (non-hydrogen) atoms. The Labute approximate surface area is 134 Å². The van der Waals surface area contributed by atoms with Crippen LogP contribution in [0.3, 0.4) is 0 Å².